The summed E-state index contributed by atoms with van der Waals surface area (Å²) in [7, 11) is 1.39. The Bertz CT molecular complexity index is 553. The van der Waals surface area contributed by atoms with Gasteiger partial charge in [-0.05, 0) is 18.4 Å². The summed E-state index contributed by atoms with van der Waals surface area (Å²) in [6.45, 7) is 9.33. The largest absolute Gasteiger partial charge is 0.453 e. The maximum Gasteiger partial charge on any atom is 0.409 e. The minimum atomic E-state index is -0.306. The lowest BCUT2D eigenvalue weighted by Gasteiger charge is -2.38. The van der Waals surface area contributed by atoms with Gasteiger partial charge in [0.05, 0.1) is 19.7 Å². The average molecular weight is 351 g/mol. The molecule has 2 rings (SSSR count). The molecule has 2 heterocycles. The SMILES string of the molecule is C=CCN(Cc1cccs1)C(=O)C(C)N1CCN(C(=O)OC)CC1. The lowest BCUT2D eigenvalue weighted by molar-refractivity contribution is -0.137. The van der Waals surface area contributed by atoms with Crippen LogP contribution in [0.25, 0.3) is 0 Å². The number of thiophene rings is 1. The first-order valence-corrected chi connectivity index (χ1v) is 8.93. The van der Waals surface area contributed by atoms with Gasteiger partial charge in [0, 0.05) is 37.6 Å². The molecule has 0 bridgehead atoms. The zero-order valence-electron chi connectivity index (χ0n) is 14.3. The van der Waals surface area contributed by atoms with E-state index in [9.17, 15) is 9.59 Å². The van der Waals surface area contributed by atoms with E-state index in [0.29, 0.717) is 39.3 Å². The van der Waals surface area contributed by atoms with Crippen molar-refractivity contribution in [2.24, 2.45) is 0 Å². The van der Waals surface area contributed by atoms with Crippen molar-refractivity contribution in [1.29, 1.82) is 0 Å². The smallest absolute Gasteiger partial charge is 0.409 e. The van der Waals surface area contributed by atoms with Crippen molar-refractivity contribution in [2.75, 3.05) is 39.8 Å². The summed E-state index contributed by atoms with van der Waals surface area (Å²) in [5, 5.41) is 2.02. The molecule has 0 spiro atoms. The number of carbonyl (C=O) groups excluding carboxylic acids is 2. The van der Waals surface area contributed by atoms with Gasteiger partial charge in [-0.25, -0.2) is 4.79 Å². The van der Waals surface area contributed by atoms with Crippen LogP contribution in [-0.2, 0) is 16.1 Å². The van der Waals surface area contributed by atoms with E-state index in [1.807, 2.05) is 29.3 Å². The van der Waals surface area contributed by atoms with Gasteiger partial charge in [0.1, 0.15) is 0 Å². The fraction of sp³-hybridized carbons (Fsp3) is 0.529. The number of hydrogen-bond donors (Lipinski definition) is 0. The van der Waals surface area contributed by atoms with Crippen molar-refractivity contribution < 1.29 is 14.3 Å². The molecule has 1 unspecified atom stereocenters. The number of piperazine rings is 1. The molecule has 1 aromatic heterocycles. The predicted octanol–water partition coefficient (Wildman–Crippen LogP) is 2.04. The molecule has 0 saturated carbocycles. The van der Waals surface area contributed by atoms with Crippen LogP contribution in [-0.4, -0.2) is 72.6 Å². The van der Waals surface area contributed by atoms with Crippen LogP contribution < -0.4 is 0 Å². The van der Waals surface area contributed by atoms with E-state index in [2.05, 4.69) is 11.5 Å². The van der Waals surface area contributed by atoms with Gasteiger partial charge < -0.3 is 14.5 Å². The van der Waals surface area contributed by atoms with Crippen molar-refractivity contribution in [3.05, 3.63) is 35.0 Å². The van der Waals surface area contributed by atoms with Crippen LogP contribution in [0.2, 0.25) is 0 Å². The Morgan fingerprint density at radius 1 is 1.42 bits per heavy atom. The van der Waals surface area contributed by atoms with E-state index < -0.39 is 0 Å². The molecule has 0 N–H and O–H groups in total. The zero-order valence-corrected chi connectivity index (χ0v) is 15.1. The average Bonchev–Trinajstić information content (AvgIpc) is 3.12. The van der Waals surface area contributed by atoms with Gasteiger partial charge in [-0.2, -0.15) is 0 Å². The Morgan fingerprint density at radius 2 is 2.12 bits per heavy atom. The maximum absolute atomic E-state index is 12.9. The van der Waals surface area contributed by atoms with Gasteiger partial charge in [-0.15, -0.1) is 17.9 Å². The molecule has 1 aliphatic heterocycles. The van der Waals surface area contributed by atoms with Crippen LogP contribution >= 0.6 is 11.3 Å². The molecule has 2 amide bonds. The van der Waals surface area contributed by atoms with E-state index in [1.54, 1.807) is 22.3 Å². The second-order valence-corrected chi connectivity index (χ2v) is 6.79. The number of ether oxygens (including phenoxy) is 1. The monoisotopic (exact) mass is 351 g/mol. The third kappa shape index (κ3) is 4.58. The van der Waals surface area contributed by atoms with Crippen molar-refractivity contribution >= 4 is 23.3 Å². The van der Waals surface area contributed by atoms with Gasteiger partial charge in [-0.1, -0.05) is 12.1 Å². The third-order valence-electron chi connectivity index (χ3n) is 4.24. The van der Waals surface area contributed by atoms with Crippen molar-refractivity contribution in [2.45, 2.75) is 19.5 Å². The lowest BCUT2D eigenvalue weighted by atomic mass is 10.2. The molecule has 1 atom stereocenters. The molecule has 1 fully saturated rings. The van der Waals surface area contributed by atoms with E-state index in [4.69, 9.17) is 4.74 Å². The summed E-state index contributed by atoms with van der Waals surface area (Å²) < 4.78 is 4.75. The molecule has 1 aromatic rings. The first kappa shape index (κ1) is 18.5. The molecule has 0 radical (unpaired) electrons. The van der Waals surface area contributed by atoms with Crippen LogP contribution in [0.15, 0.2) is 30.2 Å². The number of carbonyl (C=O) groups is 2. The standard InChI is InChI=1S/C17H25N3O3S/c1-4-7-20(13-15-6-5-12-24-15)16(21)14(2)18-8-10-19(11-9-18)17(22)23-3/h4-6,12,14H,1,7-11,13H2,2-3H3. The topological polar surface area (TPSA) is 53.1 Å². The van der Waals surface area contributed by atoms with Crippen molar-refractivity contribution in [3.8, 4) is 0 Å². The quantitative estimate of drug-likeness (QED) is 0.736. The molecule has 132 valence electrons. The van der Waals surface area contributed by atoms with Crippen LogP contribution in [0.1, 0.15) is 11.8 Å². The van der Waals surface area contributed by atoms with Crippen molar-refractivity contribution in [1.82, 2.24) is 14.7 Å². The van der Waals surface area contributed by atoms with E-state index in [0.717, 1.165) is 4.88 Å². The highest BCUT2D eigenvalue weighted by Gasteiger charge is 2.30. The van der Waals surface area contributed by atoms with Crippen molar-refractivity contribution in [3.63, 3.8) is 0 Å². The number of methoxy groups -OCH3 is 1. The third-order valence-corrected chi connectivity index (χ3v) is 5.10. The minimum Gasteiger partial charge on any atom is -0.453 e. The fourth-order valence-corrected chi connectivity index (χ4v) is 3.54. The maximum atomic E-state index is 12.9. The number of amides is 2. The van der Waals surface area contributed by atoms with E-state index in [1.165, 1.54) is 7.11 Å². The lowest BCUT2D eigenvalue weighted by Crippen LogP contribution is -2.55. The first-order chi connectivity index (χ1) is 11.6. The summed E-state index contributed by atoms with van der Waals surface area (Å²) in [6, 6.07) is 3.81. The molecule has 0 aliphatic carbocycles. The van der Waals surface area contributed by atoms with E-state index >= 15 is 0 Å². The van der Waals surface area contributed by atoms with Crippen LogP contribution in [0.5, 0.6) is 0 Å². The normalized spacial score (nSPS) is 16.5. The van der Waals surface area contributed by atoms with Crippen LogP contribution in [0.4, 0.5) is 4.79 Å². The van der Waals surface area contributed by atoms with Gasteiger partial charge in [-0.3, -0.25) is 9.69 Å². The second kappa shape index (κ2) is 8.84. The number of hydrogen-bond acceptors (Lipinski definition) is 5. The summed E-state index contributed by atoms with van der Waals surface area (Å²) in [5.74, 6) is 0.0924. The van der Waals surface area contributed by atoms with Gasteiger partial charge in [0.2, 0.25) is 5.91 Å². The van der Waals surface area contributed by atoms with E-state index in [-0.39, 0.29) is 18.0 Å². The summed E-state index contributed by atoms with van der Waals surface area (Å²) in [5.41, 5.74) is 0. The number of rotatable bonds is 6. The molecular weight excluding hydrogens is 326 g/mol. The Hall–Kier alpha value is -1.86. The summed E-state index contributed by atoms with van der Waals surface area (Å²) >= 11 is 1.65. The summed E-state index contributed by atoms with van der Waals surface area (Å²) in [4.78, 5) is 31.2. The van der Waals surface area contributed by atoms with Crippen LogP contribution in [0, 0.1) is 0 Å². The first-order valence-electron chi connectivity index (χ1n) is 8.05. The summed E-state index contributed by atoms with van der Waals surface area (Å²) in [6.07, 6.45) is 1.45. The highest BCUT2D eigenvalue weighted by atomic mass is 32.1. The van der Waals surface area contributed by atoms with Gasteiger partial charge in [0.25, 0.3) is 0 Å². The molecule has 1 aliphatic rings. The van der Waals surface area contributed by atoms with Gasteiger partial charge >= 0.3 is 6.09 Å². The molecule has 7 heteroatoms. The Balaban J connectivity index is 1.94. The molecule has 0 aromatic carbocycles. The van der Waals surface area contributed by atoms with Gasteiger partial charge in [0.15, 0.2) is 0 Å². The molecule has 1 saturated heterocycles. The Labute approximate surface area is 147 Å². The predicted molar refractivity (Wildman–Crippen MR) is 94.9 cm³/mol. The Kier molecular flexibility index (Phi) is 6.81. The molecular formula is C17H25N3O3S. The van der Waals surface area contributed by atoms with Crippen LogP contribution in [0.3, 0.4) is 0 Å². The fourth-order valence-electron chi connectivity index (χ4n) is 2.82. The molecule has 24 heavy (non-hydrogen) atoms. The number of nitrogens with zero attached hydrogens (tertiary/aromatic N) is 3. The Morgan fingerprint density at radius 3 is 2.67 bits per heavy atom. The highest BCUT2D eigenvalue weighted by Crippen LogP contribution is 2.15. The second-order valence-electron chi connectivity index (χ2n) is 5.76. The minimum absolute atomic E-state index is 0.0924. The zero-order chi connectivity index (χ0) is 17.5. The molecule has 6 nitrogen and oxygen atoms in total. The highest BCUT2D eigenvalue weighted by molar-refractivity contribution is 7.09.